The maximum atomic E-state index is 11.6. The highest BCUT2D eigenvalue weighted by Gasteiger charge is 2.16. The van der Waals surface area contributed by atoms with Crippen LogP contribution in [0.3, 0.4) is 0 Å². The fourth-order valence-corrected chi connectivity index (χ4v) is 3.94. The van der Waals surface area contributed by atoms with Gasteiger partial charge >= 0.3 is 0 Å². The number of benzene rings is 1. The lowest BCUT2D eigenvalue weighted by Crippen LogP contribution is -2.36. The zero-order valence-electron chi connectivity index (χ0n) is 20.0. The molecule has 10 nitrogen and oxygen atoms in total. The number of fused-ring (bicyclic) bond motifs is 1. The molecule has 0 spiro atoms. The molecule has 0 aliphatic carbocycles. The van der Waals surface area contributed by atoms with Gasteiger partial charge in [-0.2, -0.15) is 4.98 Å². The van der Waals surface area contributed by atoms with Gasteiger partial charge in [-0.05, 0) is 30.7 Å². The molecule has 3 rings (SSSR count). The zero-order chi connectivity index (χ0) is 24.6. The number of sulfonamides is 1. The van der Waals surface area contributed by atoms with Gasteiger partial charge in [-0.3, -0.25) is 4.98 Å². The summed E-state index contributed by atoms with van der Waals surface area (Å²) >= 11 is 0. The average molecular weight is 489 g/mol. The van der Waals surface area contributed by atoms with Crippen LogP contribution < -0.4 is 24.8 Å². The van der Waals surface area contributed by atoms with Gasteiger partial charge in [-0.15, -0.1) is 0 Å². The summed E-state index contributed by atoms with van der Waals surface area (Å²) in [6.45, 7) is 2.79. The molecule has 0 bridgehead atoms. The molecule has 0 saturated carbocycles. The predicted molar refractivity (Wildman–Crippen MR) is 134 cm³/mol. The second-order valence-electron chi connectivity index (χ2n) is 7.90. The van der Waals surface area contributed by atoms with Crippen LogP contribution in [0.2, 0.25) is 0 Å². The Labute approximate surface area is 200 Å². The molecule has 2 aromatic heterocycles. The normalized spacial score (nSPS) is 12.4. The first-order chi connectivity index (χ1) is 16.3. The van der Waals surface area contributed by atoms with E-state index in [1.807, 2.05) is 30.3 Å². The van der Waals surface area contributed by atoms with Crippen LogP contribution in [0.25, 0.3) is 11.0 Å². The third-order valence-electron chi connectivity index (χ3n) is 5.22. The number of methoxy groups -OCH3 is 2. The third kappa shape index (κ3) is 7.16. The van der Waals surface area contributed by atoms with Gasteiger partial charge in [0.25, 0.3) is 0 Å². The van der Waals surface area contributed by atoms with Gasteiger partial charge < -0.3 is 20.1 Å². The van der Waals surface area contributed by atoms with Crippen LogP contribution in [0.4, 0.5) is 11.8 Å². The van der Waals surface area contributed by atoms with Crippen molar-refractivity contribution in [3.05, 3.63) is 42.1 Å². The van der Waals surface area contributed by atoms with Crippen LogP contribution in [0.1, 0.15) is 31.7 Å². The van der Waals surface area contributed by atoms with E-state index in [9.17, 15) is 8.42 Å². The molecule has 0 unspecified atom stereocenters. The number of hydrogen-bond donors (Lipinski definition) is 3. The summed E-state index contributed by atoms with van der Waals surface area (Å²) < 4.78 is 36.6. The number of anilines is 2. The first kappa shape index (κ1) is 25.4. The number of ether oxygens (including phenoxy) is 2. The van der Waals surface area contributed by atoms with Gasteiger partial charge in [-0.1, -0.05) is 19.8 Å². The lowest BCUT2D eigenvalue weighted by Gasteiger charge is -2.20. The maximum Gasteiger partial charge on any atom is 0.225 e. The molecule has 3 aromatic rings. The molecule has 0 amide bonds. The largest absolute Gasteiger partial charge is 0.497 e. The van der Waals surface area contributed by atoms with Crippen LogP contribution in [0, 0.1) is 0 Å². The Hall–Kier alpha value is -3.18. The molecule has 0 aliphatic rings. The van der Waals surface area contributed by atoms with Crippen molar-refractivity contribution in [1.82, 2.24) is 19.7 Å². The minimum atomic E-state index is -3.31. The van der Waals surface area contributed by atoms with Crippen LogP contribution in [0.15, 0.2) is 36.5 Å². The number of aromatic nitrogens is 3. The molecule has 0 aliphatic heterocycles. The van der Waals surface area contributed by atoms with Crippen molar-refractivity contribution < 1.29 is 17.9 Å². The third-order valence-corrected chi connectivity index (χ3v) is 5.92. The van der Waals surface area contributed by atoms with Crippen LogP contribution in [-0.2, 0) is 16.6 Å². The van der Waals surface area contributed by atoms with Crippen LogP contribution in [0.5, 0.6) is 11.5 Å². The summed E-state index contributed by atoms with van der Waals surface area (Å²) in [5, 5.41) is 6.64. The number of nitrogens with zero attached hydrogens (tertiary/aromatic N) is 3. The molecule has 0 radical (unpaired) electrons. The second-order valence-corrected chi connectivity index (χ2v) is 9.74. The smallest absolute Gasteiger partial charge is 0.225 e. The lowest BCUT2D eigenvalue weighted by molar-refractivity contribution is 0.391. The van der Waals surface area contributed by atoms with Gasteiger partial charge in [0, 0.05) is 37.0 Å². The predicted octanol–water partition coefficient (Wildman–Crippen LogP) is 3.17. The summed E-state index contributed by atoms with van der Waals surface area (Å²) in [7, 11) is -0.0905. The molecule has 11 heteroatoms. The topological polar surface area (TPSA) is 127 Å². The highest BCUT2D eigenvalue weighted by atomic mass is 32.2. The first-order valence-electron chi connectivity index (χ1n) is 11.1. The van der Waals surface area contributed by atoms with Gasteiger partial charge in [0.2, 0.25) is 16.0 Å². The number of rotatable bonds is 13. The number of hydrogen-bond acceptors (Lipinski definition) is 9. The Morgan fingerprint density at radius 3 is 2.65 bits per heavy atom. The highest BCUT2D eigenvalue weighted by Crippen LogP contribution is 2.26. The monoisotopic (exact) mass is 488 g/mol. The van der Waals surface area contributed by atoms with Crippen LogP contribution >= 0.6 is 0 Å². The van der Waals surface area contributed by atoms with Crippen molar-refractivity contribution in [3.63, 3.8) is 0 Å². The molecule has 34 heavy (non-hydrogen) atoms. The van der Waals surface area contributed by atoms with E-state index in [0.717, 1.165) is 31.1 Å². The van der Waals surface area contributed by atoms with Crippen molar-refractivity contribution in [1.29, 1.82) is 0 Å². The van der Waals surface area contributed by atoms with E-state index in [1.165, 1.54) is 0 Å². The first-order valence-corrected chi connectivity index (χ1v) is 13.0. The van der Waals surface area contributed by atoms with Gasteiger partial charge in [0.15, 0.2) is 5.82 Å². The SMILES string of the molecule is CCCC[C@H](CNS(C)(=O)=O)Nc1nc(NCc2ccc(OC)cc2OC)nc2cccnc12. The van der Waals surface area contributed by atoms with Gasteiger partial charge in [0.05, 0.1) is 26.0 Å². The summed E-state index contributed by atoms with van der Waals surface area (Å²) in [5.74, 6) is 2.37. The van der Waals surface area contributed by atoms with Crippen molar-refractivity contribution in [2.45, 2.75) is 38.8 Å². The minimum Gasteiger partial charge on any atom is -0.497 e. The van der Waals surface area contributed by atoms with Crippen molar-refractivity contribution >= 4 is 32.8 Å². The number of pyridine rings is 1. The molecule has 1 atom stereocenters. The molecular formula is C23H32N6O4S. The summed E-state index contributed by atoms with van der Waals surface area (Å²) in [5.41, 5.74) is 2.22. The van der Waals surface area contributed by atoms with Crippen molar-refractivity contribution in [2.75, 3.05) is 37.7 Å². The average Bonchev–Trinajstić information content (AvgIpc) is 2.83. The molecule has 2 heterocycles. The molecular weight excluding hydrogens is 456 g/mol. The zero-order valence-corrected chi connectivity index (χ0v) is 20.8. The summed E-state index contributed by atoms with van der Waals surface area (Å²) in [4.78, 5) is 13.7. The Bertz CT molecular complexity index is 1210. The summed E-state index contributed by atoms with van der Waals surface area (Å²) in [6, 6.07) is 9.14. The van der Waals surface area contributed by atoms with E-state index >= 15 is 0 Å². The van der Waals surface area contributed by atoms with E-state index in [0.29, 0.717) is 40.8 Å². The van der Waals surface area contributed by atoms with Gasteiger partial charge in [0.1, 0.15) is 17.0 Å². The quantitative estimate of drug-likeness (QED) is 0.332. The molecule has 0 saturated heterocycles. The van der Waals surface area contributed by atoms with Crippen LogP contribution in [-0.4, -0.2) is 56.4 Å². The van der Waals surface area contributed by atoms with E-state index < -0.39 is 10.0 Å². The van der Waals surface area contributed by atoms with Gasteiger partial charge in [-0.25, -0.2) is 18.1 Å². The second kappa shape index (κ2) is 11.8. The van der Waals surface area contributed by atoms with E-state index in [-0.39, 0.29) is 12.6 Å². The maximum absolute atomic E-state index is 11.6. The standard InChI is InChI=1S/C23H32N6O4S/c1-5-6-8-17(15-26-34(4,30)31)27-22-21-19(9-7-12-24-21)28-23(29-22)25-14-16-10-11-18(32-2)13-20(16)33-3/h7,9-13,17,26H,5-6,8,14-15H2,1-4H3,(H2,25,27,28,29)/t17-/m1/s1. The lowest BCUT2D eigenvalue weighted by atomic mass is 10.1. The van der Waals surface area contributed by atoms with Crippen molar-refractivity contribution in [3.8, 4) is 11.5 Å². The Morgan fingerprint density at radius 2 is 1.94 bits per heavy atom. The highest BCUT2D eigenvalue weighted by molar-refractivity contribution is 7.88. The molecule has 0 fully saturated rings. The fraction of sp³-hybridized carbons (Fsp3) is 0.435. The van der Waals surface area contributed by atoms with E-state index in [2.05, 4.69) is 37.2 Å². The van der Waals surface area contributed by atoms with E-state index in [4.69, 9.17) is 9.47 Å². The van der Waals surface area contributed by atoms with E-state index in [1.54, 1.807) is 20.4 Å². The minimum absolute atomic E-state index is 0.149. The number of nitrogens with one attached hydrogen (secondary N) is 3. The summed E-state index contributed by atoms with van der Waals surface area (Å²) in [6.07, 6.45) is 5.56. The molecule has 1 aromatic carbocycles. The molecule has 3 N–H and O–H groups in total. The Kier molecular flexibility index (Phi) is 8.83. The number of unbranched alkanes of at least 4 members (excludes halogenated alkanes) is 1. The Balaban J connectivity index is 1.85. The Morgan fingerprint density at radius 1 is 1.12 bits per heavy atom. The fourth-order valence-electron chi connectivity index (χ4n) is 3.44. The molecule has 184 valence electrons. The van der Waals surface area contributed by atoms with Crippen molar-refractivity contribution in [2.24, 2.45) is 0 Å².